The van der Waals surface area contributed by atoms with Gasteiger partial charge in [0.1, 0.15) is 11.9 Å². The largest absolute Gasteiger partial charge is 0.341 e. The average Bonchev–Trinajstić information content (AvgIpc) is 2.49. The first-order chi connectivity index (χ1) is 9.78. The summed E-state index contributed by atoms with van der Waals surface area (Å²) in [6.45, 7) is 5.85. The van der Waals surface area contributed by atoms with Crippen molar-refractivity contribution in [2.24, 2.45) is 0 Å². The summed E-state index contributed by atoms with van der Waals surface area (Å²) in [5, 5.41) is 12.3. The van der Waals surface area contributed by atoms with Crippen LogP contribution in [0.1, 0.15) is 19.4 Å². The summed E-state index contributed by atoms with van der Waals surface area (Å²) in [4.78, 5) is 10.8. The lowest BCUT2D eigenvalue weighted by molar-refractivity contribution is 0.822. The molecule has 0 aliphatic heterocycles. The lowest BCUT2D eigenvalue weighted by Gasteiger charge is -2.18. The van der Waals surface area contributed by atoms with Crippen molar-refractivity contribution < 1.29 is 0 Å². The summed E-state index contributed by atoms with van der Waals surface area (Å²) >= 11 is 0. The molecule has 5 nitrogen and oxygen atoms in total. The molecular weight excluding hydrogens is 250 g/mol. The van der Waals surface area contributed by atoms with Crippen molar-refractivity contribution >= 4 is 17.5 Å². The molecule has 0 atom stereocenters. The fraction of sp³-hybridized carbons (Fsp3) is 0.267. The topological polar surface area (TPSA) is 64.8 Å². The highest BCUT2D eigenvalue weighted by atomic mass is 15.3. The van der Waals surface area contributed by atoms with Crippen LogP contribution in [0.25, 0.3) is 0 Å². The highest BCUT2D eigenvalue weighted by Crippen LogP contribution is 2.19. The van der Waals surface area contributed by atoms with E-state index >= 15 is 0 Å². The maximum Gasteiger partial charge on any atom is 0.227 e. The van der Waals surface area contributed by atoms with Crippen LogP contribution in [0, 0.1) is 11.3 Å². The molecule has 0 radical (unpaired) electrons. The Morgan fingerprint density at radius 2 is 1.95 bits per heavy atom. The molecule has 0 spiro atoms. The van der Waals surface area contributed by atoms with Gasteiger partial charge in [-0.1, -0.05) is 12.1 Å². The van der Waals surface area contributed by atoms with Crippen LogP contribution >= 0.6 is 0 Å². The maximum absolute atomic E-state index is 9.08. The molecule has 0 aliphatic rings. The molecule has 0 saturated heterocycles. The van der Waals surface area contributed by atoms with Crippen LogP contribution in [0.3, 0.4) is 0 Å². The van der Waals surface area contributed by atoms with Gasteiger partial charge in [-0.05, 0) is 32.0 Å². The SMILES string of the molecule is CCN(CC)c1nccc(Nc2ccccc2C#N)n1. The Labute approximate surface area is 118 Å². The number of nitriles is 1. The van der Waals surface area contributed by atoms with E-state index in [9.17, 15) is 0 Å². The number of nitrogens with zero attached hydrogens (tertiary/aromatic N) is 4. The first-order valence-electron chi connectivity index (χ1n) is 6.62. The predicted octanol–water partition coefficient (Wildman–Crippen LogP) is 2.94. The van der Waals surface area contributed by atoms with Gasteiger partial charge >= 0.3 is 0 Å². The van der Waals surface area contributed by atoms with Gasteiger partial charge in [0.2, 0.25) is 5.95 Å². The van der Waals surface area contributed by atoms with Gasteiger partial charge in [0, 0.05) is 19.3 Å². The van der Waals surface area contributed by atoms with Crippen molar-refractivity contribution in [1.82, 2.24) is 9.97 Å². The Hall–Kier alpha value is -2.61. The maximum atomic E-state index is 9.08. The summed E-state index contributed by atoms with van der Waals surface area (Å²) in [5.41, 5.74) is 1.34. The van der Waals surface area contributed by atoms with E-state index in [-0.39, 0.29) is 0 Å². The molecule has 1 N–H and O–H groups in total. The van der Waals surface area contributed by atoms with Gasteiger partial charge in [-0.2, -0.15) is 10.2 Å². The Bertz CT molecular complexity index is 614. The van der Waals surface area contributed by atoms with Crippen molar-refractivity contribution in [3.05, 3.63) is 42.1 Å². The third-order valence-corrected chi connectivity index (χ3v) is 3.00. The summed E-state index contributed by atoms with van der Waals surface area (Å²) in [6, 6.07) is 11.3. The van der Waals surface area contributed by atoms with Crippen molar-refractivity contribution in [3.63, 3.8) is 0 Å². The van der Waals surface area contributed by atoms with Gasteiger partial charge in [-0.3, -0.25) is 0 Å². The number of hydrogen-bond donors (Lipinski definition) is 1. The van der Waals surface area contributed by atoms with E-state index < -0.39 is 0 Å². The van der Waals surface area contributed by atoms with Gasteiger partial charge < -0.3 is 10.2 Å². The zero-order valence-electron chi connectivity index (χ0n) is 11.7. The minimum atomic E-state index is 0.593. The summed E-state index contributed by atoms with van der Waals surface area (Å²) < 4.78 is 0. The summed E-state index contributed by atoms with van der Waals surface area (Å²) in [5.74, 6) is 1.37. The number of rotatable bonds is 5. The highest BCUT2D eigenvalue weighted by molar-refractivity contribution is 5.64. The van der Waals surface area contributed by atoms with E-state index in [4.69, 9.17) is 5.26 Å². The van der Waals surface area contributed by atoms with E-state index in [2.05, 4.69) is 40.1 Å². The molecule has 0 unspecified atom stereocenters. The van der Waals surface area contributed by atoms with Crippen LogP contribution in [0.2, 0.25) is 0 Å². The van der Waals surface area contributed by atoms with Gasteiger partial charge in [-0.15, -0.1) is 0 Å². The van der Waals surface area contributed by atoms with E-state index in [0.717, 1.165) is 18.8 Å². The minimum Gasteiger partial charge on any atom is -0.341 e. The standard InChI is InChI=1S/C15H17N5/c1-3-20(4-2)15-17-10-9-14(19-15)18-13-8-6-5-7-12(13)11-16/h5-10H,3-4H2,1-2H3,(H,17,18,19). The lowest BCUT2D eigenvalue weighted by Crippen LogP contribution is -2.24. The molecule has 5 heteroatoms. The molecular formula is C15H17N5. The van der Waals surface area contributed by atoms with E-state index in [1.165, 1.54) is 0 Å². The highest BCUT2D eigenvalue weighted by Gasteiger charge is 2.07. The van der Waals surface area contributed by atoms with Gasteiger partial charge in [0.25, 0.3) is 0 Å². The first kappa shape index (κ1) is 13.8. The van der Waals surface area contributed by atoms with Gasteiger partial charge in [0.05, 0.1) is 11.3 Å². The molecule has 2 rings (SSSR count). The van der Waals surface area contributed by atoms with Crippen LogP contribution in [0.5, 0.6) is 0 Å². The number of nitrogens with one attached hydrogen (secondary N) is 1. The second kappa shape index (κ2) is 6.53. The van der Waals surface area contributed by atoms with E-state index in [0.29, 0.717) is 17.3 Å². The third-order valence-electron chi connectivity index (χ3n) is 3.00. The molecule has 0 bridgehead atoms. The molecule has 2 aromatic rings. The number of anilines is 3. The second-order valence-electron chi connectivity index (χ2n) is 4.20. The van der Waals surface area contributed by atoms with Gasteiger partial charge in [0.15, 0.2) is 0 Å². The number of benzene rings is 1. The average molecular weight is 267 g/mol. The zero-order valence-corrected chi connectivity index (χ0v) is 11.7. The summed E-state index contributed by atoms with van der Waals surface area (Å²) in [6.07, 6.45) is 1.72. The normalized spacial score (nSPS) is 9.85. The predicted molar refractivity (Wildman–Crippen MR) is 80.0 cm³/mol. The molecule has 0 saturated carbocycles. The number of para-hydroxylation sites is 1. The quantitative estimate of drug-likeness (QED) is 0.902. The smallest absolute Gasteiger partial charge is 0.227 e. The minimum absolute atomic E-state index is 0.593. The Balaban J connectivity index is 2.26. The first-order valence-corrected chi connectivity index (χ1v) is 6.62. The lowest BCUT2D eigenvalue weighted by atomic mass is 10.2. The van der Waals surface area contributed by atoms with Crippen molar-refractivity contribution in [2.75, 3.05) is 23.3 Å². The van der Waals surface area contributed by atoms with Crippen molar-refractivity contribution in [1.29, 1.82) is 5.26 Å². The Morgan fingerprint density at radius 1 is 1.20 bits per heavy atom. The monoisotopic (exact) mass is 267 g/mol. The Kier molecular flexibility index (Phi) is 4.51. The van der Waals surface area contributed by atoms with Crippen molar-refractivity contribution in [2.45, 2.75) is 13.8 Å². The number of hydrogen-bond acceptors (Lipinski definition) is 5. The zero-order chi connectivity index (χ0) is 14.4. The molecule has 0 amide bonds. The number of aromatic nitrogens is 2. The van der Waals surface area contributed by atoms with Crippen LogP contribution in [0.15, 0.2) is 36.5 Å². The van der Waals surface area contributed by atoms with Crippen LogP contribution in [-0.4, -0.2) is 23.1 Å². The molecule has 1 heterocycles. The van der Waals surface area contributed by atoms with E-state index in [1.54, 1.807) is 18.3 Å². The molecule has 0 aliphatic carbocycles. The summed E-state index contributed by atoms with van der Waals surface area (Å²) in [7, 11) is 0. The Morgan fingerprint density at radius 3 is 2.65 bits per heavy atom. The molecule has 102 valence electrons. The molecule has 20 heavy (non-hydrogen) atoms. The van der Waals surface area contributed by atoms with Crippen molar-refractivity contribution in [3.8, 4) is 6.07 Å². The van der Waals surface area contributed by atoms with Crippen LogP contribution in [0.4, 0.5) is 17.5 Å². The second-order valence-corrected chi connectivity index (χ2v) is 4.20. The van der Waals surface area contributed by atoms with E-state index in [1.807, 2.05) is 18.2 Å². The fourth-order valence-electron chi connectivity index (χ4n) is 1.90. The third kappa shape index (κ3) is 3.04. The molecule has 1 aromatic heterocycles. The fourth-order valence-corrected chi connectivity index (χ4v) is 1.90. The van der Waals surface area contributed by atoms with Gasteiger partial charge in [-0.25, -0.2) is 4.98 Å². The molecule has 1 aromatic carbocycles. The van der Waals surface area contributed by atoms with Crippen LogP contribution < -0.4 is 10.2 Å². The van der Waals surface area contributed by atoms with Crippen LogP contribution in [-0.2, 0) is 0 Å². The molecule has 0 fully saturated rings.